The van der Waals surface area contributed by atoms with E-state index < -0.39 is 12.1 Å². The van der Waals surface area contributed by atoms with Crippen LogP contribution >= 0.6 is 0 Å². The van der Waals surface area contributed by atoms with Gasteiger partial charge in [-0.25, -0.2) is 4.79 Å². The zero-order valence-electron chi connectivity index (χ0n) is 4.42. The molecule has 1 rings (SSSR count). The highest BCUT2D eigenvalue weighted by Gasteiger charge is 2.44. The average molecular weight is 117 g/mol. The molecule has 2 atom stereocenters. The fourth-order valence-electron chi connectivity index (χ4n) is 0.520. The molecule has 2 N–H and O–H groups in total. The maximum atomic E-state index is 9.97. The Labute approximate surface area is 46.4 Å². The minimum atomic E-state index is -0.899. The van der Waals surface area contributed by atoms with Gasteiger partial charge >= 0.3 is 5.97 Å². The van der Waals surface area contributed by atoms with Gasteiger partial charge in [0.1, 0.15) is 6.23 Å². The first kappa shape index (κ1) is 5.53. The van der Waals surface area contributed by atoms with Crippen LogP contribution in [0.5, 0.6) is 0 Å². The van der Waals surface area contributed by atoms with Gasteiger partial charge in [-0.15, -0.1) is 0 Å². The molecule has 8 heavy (non-hydrogen) atoms. The molecule has 4 nitrogen and oxygen atoms in total. The van der Waals surface area contributed by atoms with Gasteiger partial charge in [-0.1, -0.05) is 0 Å². The maximum Gasteiger partial charge on any atom is 0.337 e. The zero-order valence-corrected chi connectivity index (χ0v) is 4.42. The summed E-state index contributed by atoms with van der Waals surface area (Å²) >= 11 is 0. The average Bonchev–Trinajstić information content (AvgIpc) is 2.42. The van der Waals surface area contributed by atoms with Crippen molar-refractivity contribution in [3.63, 3.8) is 0 Å². The van der Waals surface area contributed by atoms with Crippen molar-refractivity contribution in [3.05, 3.63) is 0 Å². The smallest absolute Gasteiger partial charge is 0.337 e. The van der Waals surface area contributed by atoms with E-state index >= 15 is 0 Å². The molecular weight excluding hydrogens is 110 g/mol. The quantitative estimate of drug-likeness (QED) is 0.456. The molecule has 0 amide bonds. The van der Waals surface area contributed by atoms with Crippen molar-refractivity contribution in [3.8, 4) is 0 Å². The number of aliphatic carboxylic acids is 1. The van der Waals surface area contributed by atoms with Gasteiger partial charge in [0.25, 0.3) is 0 Å². The summed E-state index contributed by atoms with van der Waals surface area (Å²) in [6.07, 6.45) is -0.868. The number of ether oxygens (including phenoxy) is 1. The topological polar surface area (TPSA) is 61.9 Å². The van der Waals surface area contributed by atoms with E-state index in [-0.39, 0.29) is 6.23 Å². The molecule has 46 valence electrons. The molecule has 1 fully saturated rings. The summed E-state index contributed by atoms with van der Waals surface area (Å²) in [5.74, 6) is -0.899. The third kappa shape index (κ3) is 0.801. The number of nitrogens with one attached hydrogen (secondary N) is 1. The van der Waals surface area contributed by atoms with E-state index in [1.807, 2.05) is 0 Å². The van der Waals surface area contributed by atoms with Gasteiger partial charge in [0.05, 0.1) is 0 Å². The van der Waals surface area contributed by atoms with Gasteiger partial charge in [0.15, 0.2) is 6.10 Å². The first-order chi connectivity index (χ1) is 3.75. The Balaban J connectivity index is 2.26. The number of likely N-dealkylation sites (N-methyl/N-ethyl adjacent to an activating group) is 1. The lowest BCUT2D eigenvalue weighted by molar-refractivity contribution is -0.138. The first-order valence-electron chi connectivity index (χ1n) is 2.31. The van der Waals surface area contributed by atoms with Crippen molar-refractivity contribution in [2.24, 2.45) is 0 Å². The fraction of sp³-hybridized carbons (Fsp3) is 0.750. The number of rotatable bonds is 2. The molecule has 1 aliphatic heterocycles. The van der Waals surface area contributed by atoms with Gasteiger partial charge in [-0.3, -0.25) is 5.32 Å². The second-order valence-corrected chi connectivity index (χ2v) is 1.60. The van der Waals surface area contributed by atoms with E-state index in [0.29, 0.717) is 0 Å². The van der Waals surface area contributed by atoms with Crippen LogP contribution in [-0.4, -0.2) is 30.5 Å². The summed E-state index contributed by atoms with van der Waals surface area (Å²) in [5, 5.41) is 10.9. The van der Waals surface area contributed by atoms with E-state index in [9.17, 15) is 4.79 Å². The molecule has 0 aliphatic carbocycles. The van der Waals surface area contributed by atoms with Crippen molar-refractivity contribution < 1.29 is 14.6 Å². The SMILES string of the molecule is CNC1OC1C(=O)O. The molecule has 1 aliphatic rings. The number of carbonyl (C=O) groups is 1. The van der Waals surface area contributed by atoms with Crippen molar-refractivity contribution >= 4 is 5.97 Å². The molecule has 0 aromatic heterocycles. The van der Waals surface area contributed by atoms with Crippen molar-refractivity contribution in [1.82, 2.24) is 5.32 Å². The Morgan fingerprint density at radius 1 is 1.88 bits per heavy atom. The molecule has 0 aromatic carbocycles. The monoisotopic (exact) mass is 117 g/mol. The van der Waals surface area contributed by atoms with Crippen LogP contribution in [0.2, 0.25) is 0 Å². The molecule has 1 heterocycles. The van der Waals surface area contributed by atoms with Crippen LogP contribution in [0.3, 0.4) is 0 Å². The third-order valence-electron chi connectivity index (χ3n) is 1.02. The van der Waals surface area contributed by atoms with Gasteiger partial charge in [-0.2, -0.15) is 0 Å². The number of epoxide rings is 1. The number of hydrogen-bond donors (Lipinski definition) is 2. The summed E-state index contributed by atoms with van der Waals surface area (Å²) in [6.45, 7) is 0. The van der Waals surface area contributed by atoms with Crippen molar-refractivity contribution in [2.45, 2.75) is 12.3 Å². The Kier molecular flexibility index (Phi) is 1.19. The minimum Gasteiger partial charge on any atom is -0.479 e. The lowest BCUT2D eigenvalue weighted by Crippen LogP contribution is -2.18. The summed E-state index contributed by atoms with van der Waals surface area (Å²) in [7, 11) is 1.66. The van der Waals surface area contributed by atoms with Crippen LogP contribution in [0.4, 0.5) is 0 Å². The molecule has 0 spiro atoms. The highest BCUT2D eigenvalue weighted by atomic mass is 16.6. The number of carboxylic acid groups (broad SMARTS) is 1. The molecule has 1 saturated heterocycles. The van der Waals surface area contributed by atoms with Crippen LogP contribution < -0.4 is 5.32 Å². The van der Waals surface area contributed by atoms with E-state index in [0.717, 1.165) is 0 Å². The third-order valence-corrected chi connectivity index (χ3v) is 1.02. The van der Waals surface area contributed by atoms with Crippen molar-refractivity contribution in [1.29, 1.82) is 0 Å². The highest BCUT2D eigenvalue weighted by molar-refractivity contribution is 5.75. The normalized spacial score (nSPS) is 34.6. The van der Waals surface area contributed by atoms with Gasteiger partial charge in [-0.05, 0) is 7.05 Å². The van der Waals surface area contributed by atoms with Crippen molar-refractivity contribution in [2.75, 3.05) is 7.05 Å². The first-order valence-corrected chi connectivity index (χ1v) is 2.31. The predicted octanol–water partition coefficient (Wildman–Crippen LogP) is -0.985. The Hall–Kier alpha value is -0.610. The second-order valence-electron chi connectivity index (χ2n) is 1.60. The number of carboxylic acids is 1. The maximum absolute atomic E-state index is 9.97. The van der Waals surface area contributed by atoms with E-state index in [2.05, 4.69) is 10.1 Å². The predicted molar refractivity (Wildman–Crippen MR) is 25.4 cm³/mol. The summed E-state index contributed by atoms with van der Waals surface area (Å²) < 4.78 is 4.62. The van der Waals surface area contributed by atoms with E-state index in [1.165, 1.54) is 0 Å². The lowest BCUT2D eigenvalue weighted by atomic mass is 10.4. The molecule has 2 unspecified atom stereocenters. The molecule has 0 bridgehead atoms. The molecule has 0 radical (unpaired) electrons. The van der Waals surface area contributed by atoms with Crippen LogP contribution in [0.15, 0.2) is 0 Å². The Bertz CT molecular complexity index is 114. The highest BCUT2D eigenvalue weighted by Crippen LogP contribution is 2.17. The fourth-order valence-corrected chi connectivity index (χ4v) is 0.520. The van der Waals surface area contributed by atoms with Crippen LogP contribution in [0.1, 0.15) is 0 Å². The summed E-state index contributed by atoms with van der Waals surface area (Å²) in [5.41, 5.74) is 0. The molecular formula is C4H7NO3. The zero-order chi connectivity index (χ0) is 6.15. The Morgan fingerprint density at radius 3 is 2.62 bits per heavy atom. The Morgan fingerprint density at radius 2 is 2.50 bits per heavy atom. The van der Waals surface area contributed by atoms with Crippen LogP contribution in [0.25, 0.3) is 0 Å². The molecule has 0 aromatic rings. The van der Waals surface area contributed by atoms with Crippen LogP contribution in [-0.2, 0) is 9.53 Å². The molecule has 4 heteroatoms. The standard InChI is InChI=1S/C4H7NO3/c1-5-3-2(8-3)4(6)7/h2-3,5H,1H3,(H,6,7). The summed E-state index contributed by atoms with van der Waals surface area (Å²) in [6, 6.07) is 0. The van der Waals surface area contributed by atoms with Gasteiger partial charge in [0, 0.05) is 0 Å². The summed E-state index contributed by atoms with van der Waals surface area (Å²) in [4.78, 5) is 9.97. The minimum absolute atomic E-state index is 0.257. The van der Waals surface area contributed by atoms with E-state index in [4.69, 9.17) is 5.11 Å². The molecule has 0 saturated carbocycles. The van der Waals surface area contributed by atoms with Gasteiger partial charge in [0.2, 0.25) is 0 Å². The second kappa shape index (κ2) is 1.72. The van der Waals surface area contributed by atoms with Crippen LogP contribution in [0, 0.1) is 0 Å². The van der Waals surface area contributed by atoms with E-state index in [1.54, 1.807) is 7.05 Å². The van der Waals surface area contributed by atoms with Gasteiger partial charge < -0.3 is 9.84 Å². The largest absolute Gasteiger partial charge is 0.479 e. The number of hydrogen-bond acceptors (Lipinski definition) is 3. The lowest BCUT2D eigenvalue weighted by Gasteiger charge is -1.81.